The van der Waals surface area contributed by atoms with Crippen molar-refractivity contribution in [2.45, 2.75) is 110 Å². The highest BCUT2D eigenvalue weighted by atomic mass is 32.2. The third kappa shape index (κ3) is 14.7. The van der Waals surface area contributed by atoms with Crippen molar-refractivity contribution in [3.63, 3.8) is 0 Å². The highest BCUT2D eigenvalue weighted by molar-refractivity contribution is 8.03. The SMILES string of the molecule is CCCCCCCCCCCCCCCCOc1ccc(OCC(=O)Nc2cccc(CN3C=C(C)SC3)c2)cc1. The van der Waals surface area contributed by atoms with Crippen LogP contribution in [0.3, 0.4) is 0 Å². The van der Waals surface area contributed by atoms with Gasteiger partial charge in [0.15, 0.2) is 6.61 Å². The van der Waals surface area contributed by atoms with Gasteiger partial charge in [-0.3, -0.25) is 4.79 Å². The summed E-state index contributed by atoms with van der Waals surface area (Å²) in [7, 11) is 0. The van der Waals surface area contributed by atoms with Gasteiger partial charge in [-0.1, -0.05) is 103 Å². The molecule has 2 aromatic rings. The lowest BCUT2D eigenvalue weighted by atomic mass is 10.0. The Kier molecular flexibility index (Phi) is 16.3. The number of anilines is 1. The predicted octanol–water partition coefficient (Wildman–Crippen LogP) is 9.93. The van der Waals surface area contributed by atoms with Crippen LogP contribution in [0.4, 0.5) is 5.69 Å². The number of hydrogen-bond acceptors (Lipinski definition) is 5. The van der Waals surface area contributed by atoms with E-state index in [1.807, 2.05) is 54.2 Å². The molecule has 226 valence electrons. The first-order chi connectivity index (χ1) is 20.1. The second-order valence-corrected chi connectivity index (χ2v) is 12.4. The van der Waals surface area contributed by atoms with Gasteiger partial charge in [0.25, 0.3) is 5.91 Å². The van der Waals surface area contributed by atoms with Gasteiger partial charge in [0.05, 0.1) is 12.5 Å². The van der Waals surface area contributed by atoms with Crippen LogP contribution in [0, 0.1) is 0 Å². The fourth-order valence-electron chi connectivity index (χ4n) is 5.05. The number of carbonyl (C=O) groups excluding carboxylic acids is 1. The van der Waals surface area contributed by atoms with Crippen LogP contribution >= 0.6 is 11.8 Å². The van der Waals surface area contributed by atoms with Crippen molar-refractivity contribution in [2.75, 3.05) is 24.4 Å². The van der Waals surface area contributed by atoms with Gasteiger partial charge >= 0.3 is 0 Å². The fourth-order valence-corrected chi connectivity index (χ4v) is 5.81. The third-order valence-electron chi connectivity index (χ3n) is 7.38. The molecule has 0 saturated carbocycles. The molecule has 0 fully saturated rings. The molecule has 1 heterocycles. The molecule has 0 bridgehead atoms. The summed E-state index contributed by atoms with van der Waals surface area (Å²) in [6.45, 7) is 5.95. The summed E-state index contributed by atoms with van der Waals surface area (Å²) in [6.07, 6.45) is 21.2. The average molecular weight is 581 g/mol. The van der Waals surface area contributed by atoms with Crippen molar-refractivity contribution >= 4 is 23.4 Å². The average Bonchev–Trinajstić information content (AvgIpc) is 3.39. The Morgan fingerprint density at radius 2 is 1.39 bits per heavy atom. The zero-order chi connectivity index (χ0) is 29.0. The van der Waals surface area contributed by atoms with Crippen molar-refractivity contribution in [2.24, 2.45) is 0 Å². The zero-order valence-corrected chi connectivity index (χ0v) is 26.3. The number of ether oxygens (including phenoxy) is 2. The van der Waals surface area contributed by atoms with E-state index >= 15 is 0 Å². The number of benzene rings is 2. The molecule has 0 atom stereocenters. The van der Waals surface area contributed by atoms with Crippen molar-refractivity contribution < 1.29 is 14.3 Å². The van der Waals surface area contributed by atoms with Crippen LogP contribution in [-0.4, -0.2) is 29.9 Å². The number of rotatable bonds is 22. The Morgan fingerprint density at radius 3 is 1.98 bits per heavy atom. The van der Waals surface area contributed by atoms with Crippen molar-refractivity contribution in [1.29, 1.82) is 0 Å². The molecule has 1 amide bonds. The Morgan fingerprint density at radius 1 is 0.805 bits per heavy atom. The number of hydrogen-bond donors (Lipinski definition) is 1. The molecule has 1 aliphatic rings. The smallest absolute Gasteiger partial charge is 0.262 e. The van der Waals surface area contributed by atoms with Gasteiger partial charge in [0.1, 0.15) is 11.5 Å². The van der Waals surface area contributed by atoms with Gasteiger partial charge < -0.3 is 19.7 Å². The standard InChI is InChI=1S/C35H52N2O3S/c1-3-4-5-6-7-8-9-10-11-12-13-14-15-16-24-39-33-20-22-34(23-21-33)40-28-35(38)36-32-19-17-18-31(25-32)27-37-26-30(2)41-29-37/h17-23,25-26H,3-16,24,27-29H2,1-2H3,(H,36,38). The lowest BCUT2D eigenvalue weighted by Crippen LogP contribution is -2.20. The minimum absolute atomic E-state index is 0.0336. The summed E-state index contributed by atoms with van der Waals surface area (Å²) in [6, 6.07) is 15.5. The molecule has 2 aromatic carbocycles. The molecular weight excluding hydrogens is 528 g/mol. The Balaban J connectivity index is 1.18. The summed E-state index contributed by atoms with van der Waals surface area (Å²) in [4.78, 5) is 16.0. The maximum atomic E-state index is 12.4. The van der Waals surface area contributed by atoms with E-state index in [2.05, 4.69) is 36.3 Å². The number of carbonyl (C=O) groups is 1. The lowest BCUT2D eigenvalue weighted by Gasteiger charge is -2.15. The first-order valence-corrected chi connectivity index (χ1v) is 16.9. The van der Waals surface area contributed by atoms with Gasteiger partial charge in [0.2, 0.25) is 0 Å². The molecule has 41 heavy (non-hydrogen) atoms. The summed E-state index contributed by atoms with van der Waals surface area (Å²) in [5, 5.41) is 2.94. The first kappa shape index (κ1) is 32.9. The van der Waals surface area contributed by atoms with Crippen molar-refractivity contribution in [3.8, 4) is 11.5 Å². The highest BCUT2D eigenvalue weighted by Crippen LogP contribution is 2.26. The molecule has 1 N–H and O–H groups in total. The number of unbranched alkanes of at least 4 members (excludes halogenated alkanes) is 13. The summed E-state index contributed by atoms with van der Waals surface area (Å²) < 4.78 is 11.6. The molecule has 1 aliphatic heterocycles. The Hall–Kier alpha value is -2.60. The topological polar surface area (TPSA) is 50.8 Å². The van der Waals surface area contributed by atoms with E-state index in [4.69, 9.17) is 9.47 Å². The Bertz CT molecular complexity index is 1020. The number of thioether (sulfide) groups is 1. The minimum atomic E-state index is -0.173. The van der Waals surface area contributed by atoms with E-state index in [9.17, 15) is 4.79 Å². The monoisotopic (exact) mass is 580 g/mol. The van der Waals surface area contributed by atoms with E-state index in [0.717, 1.165) is 36.9 Å². The number of amides is 1. The van der Waals surface area contributed by atoms with Crippen LogP contribution in [0.15, 0.2) is 59.6 Å². The molecular formula is C35H52N2O3S. The maximum absolute atomic E-state index is 12.4. The quantitative estimate of drug-likeness (QED) is 0.140. The van der Waals surface area contributed by atoms with Crippen LogP contribution < -0.4 is 14.8 Å². The fraction of sp³-hybridized carbons (Fsp3) is 0.571. The summed E-state index contributed by atoms with van der Waals surface area (Å²) in [5.74, 6) is 2.30. The lowest BCUT2D eigenvalue weighted by molar-refractivity contribution is -0.118. The molecule has 0 aliphatic carbocycles. The van der Waals surface area contributed by atoms with Gasteiger partial charge in [-0.2, -0.15) is 0 Å². The molecule has 0 unspecified atom stereocenters. The predicted molar refractivity (Wildman–Crippen MR) is 175 cm³/mol. The van der Waals surface area contributed by atoms with Gasteiger partial charge in [-0.05, 0) is 60.2 Å². The minimum Gasteiger partial charge on any atom is -0.494 e. The maximum Gasteiger partial charge on any atom is 0.262 e. The summed E-state index contributed by atoms with van der Waals surface area (Å²) in [5.41, 5.74) is 1.95. The van der Waals surface area contributed by atoms with E-state index in [-0.39, 0.29) is 12.5 Å². The van der Waals surface area contributed by atoms with Gasteiger partial charge in [0, 0.05) is 18.4 Å². The molecule has 0 saturated heterocycles. The van der Waals surface area contributed by atoms with Crippen molar-refractivity contribution in [3.05, 3.63) is 65.2 Å². The molecule has 3 rings (SSSR count). The van der Waals surface area contributed by atoms with Crippen LogP contribution in [0.25, 0.3) is 0 Å². The van der Waals surface area contributed by atoms with Crippen LogP contribution in [-0.2, 0) is 11.3 Å². The molecule has 0 spiro atoms. The summed E-state index contributed by atoms with van der Waals surface area (Å²) >= 11 is 1.85. The molecule has 6 heteroatoms. The van der Waals surface area contributed by atoms with E-state index in [1.165, 1.54) is 93.9 Å². The first-order valence-electron chi connectivity index (χ1n) is 15.9. The Labute approximate surface area is 253 Å². The number of allylic oxidation sites excluding steroid dienone is 1. The van der Waals surface area contributed by atoms with E-state index in [0.29, 0.717) is 5.75 Å². The van der Waals surface area contributed by atoms with Crippen molar-refractivity contribution in [1.82, 2.24) is 4.90 Å². The number of nitrogens with zero attached hydrogens (tertiary/aromatic N) is 1. The van der Waals surface area contributed by atoms with Crippen LogP contribution in [0.5, 0.6) is 11.5 Å². The molecule has 0 aromatic heterocycles. The zero-order valence-electron chi connectivity index (χ0n) is 25.5. The van der Waals surface area contributed by atoms with Gasteiger partial charge in [-0.15, -0.1) is 11.8 Å². The molecule has 5 nitrogen and oxygen atoms in total. The third-order valence-corrected chi connectivity index (χ3v) is 8.40. The van der Waals surface area contributed by atoms with E-state index in [1.54, 1.807) is 0 Å². The molecule has 0 radical (unpaired) electrons. The number of nitrogens with one attached hydrogen (secondary N) is 1. The normalized spacial score (nSPS) is 12.8. The second-order valence-electron chi connectivity index (χ2n) is 11.2. The van der Waals surface area contributed by atoms with Crippen LogP contribution in [0.1, 0.15) is 109 Å². The van der Waals surface area contributed by atoms with Gasteiger partial charge in [-0.25, -0.2) is 0 Å². The second kappa shape index (κ2) is 20.3. The largest absolute Gasteiger partial charge is 0.494 e. The highest BCUT2D eigenvalue weighted by Gasteiger charge is 2.11. The van der Waals surface area contributed by atoms with Crippen LogP contribution in [0.2, 0.25) is 0 Å². The van der Waals surface area contributed by atoms with E-state index < -0.39 is 0 Å².